The van der Waals surface area contributed by atoms with Gasteiger partial charge in [0, 0.05) is 70.7 Å². The number of anilines is 3. The van der Waals surface area contributed by atoms with Crippen LogP contribution in [-0.2, 0) is 26.4 Å². The summed E-state index contributed by atoms with van der Waals surface area (Å²) < 4.78 is 6.38. The third kappa shape index (κ3) is 7.64. The van der Waals surface area contributed by atoms with E-state index < -0.39 is 38.2 Å². The van der Waals surface area contributed by atoms with Crippen LogP contribution in [0, 0.1) is 0 Å². The number of amides is 2. The highest BCUT2D eigenvalue weighted by atomic mass is 16.5. The summed E-state index contributed by atoms with van der Waals surface area (Å²) in [6.45, 7) is -0.650. The zero-order chi connectivity index (χ0) is 33.5. The van der Waals surface area contributed by atoms with E-state index in [-0.39, 0.29) is 56.7 Å². The second-order valence-corrected chi connectivity index (χ2v) is 11.2. The number of ether oxygens (including phenoxy) is 1. The van der Waals surface area contributed by atoms with Crippen LogP contribution in [0.5, 0.6) is 17.2 Å². The quantitative estimate of drug-likeness (QED) is 0.120. The minimum atomic E-state index is -0.611. The van der Waals surface area contributed by atoms with Crippen molar-refractivity contribution < 1.29 is 45.0 Å². The van der Waals surface area contributed by atoms with E-state index in [2.05, 4.69) is 27.7 Å². The maximum atomic E-state index is 13.5. The molecule has 0 aliphatic carbocycles. The Kier molecular flexibility index (Phi) is 10.6. The smallest absolute Gasteiger partial charge is 0.255 e. The van der Waals surface area contributed by atoms with Gasteiger partial charge in [-0.2, -0.15) is 0 Å². The van der Waals surface area contributed by atoms with E-state index in [1.165, 1.54) is 30.3 Å². The van der Waals surface area contributed by atoms with Crippen molar-refractivity contribution in [3.63, 3.8) is 0 Å². The Morgan fingerprint density at radius 2 is 1.17 bits per heavy atom. The first-order valence-corrected chi connectivity index (χ1v) is 15.1. The summed E-state index contributed by atoms with van der Waals surface area (Å²) in [6.07, 6.45) is 1.28. The highest BCUT2D eigenvalue weighted by Gasteiger charge is 2.23. The molecule has 1 saturated heterocycles. The average Bonchev–Trinajstić information content (AvgIpc) is 3.10. The molecule has 0 atom stereocenters. The monoisotopic (exact) mass is 643 g/mol. The highest BCUT2D eigenvalue weighted by Crippen LogP contribution is 2.33. The van der Waals surface area contributed by atoms with Crippen LogP contribution < -0.4 is 20.3 Å². The number of carbonyl (C=O) groups is 2. The zero-order valence-corrected chi connectivity index (χ0v) is 25.5. The molecule has 47 heavy (non-hydrogen) atoms. The third-order valence-corrected chi connectivity index (χ3v) is 8.08. The Morgan fingerprint density at radius 3 is 1.66 bits per heavy atom. The molecule has 0 unspecified atom stereocenters. The van der Waals surface area contributed by atoms with Gasteiger partial charge in [0.1, 0.15) is 23.4 Å². The molecule has 246 valence electrons. The van der Waals surface area contributed by atoms with Crippen LogP contribution in [0.15, 0.2) is 72.8 Å². The van der Waals surface area contributed by atoms with Gasteiger partial charge in [0.2, 0.25) is 0 Å². The summed E-state index contributed by atoms with van der Waals surface area (Å²) in [5.74, 6) is -1.44. The summed E-state index contributed by atoms with van der Waals surface area (Å²) in [4.78, 5) is 28.9. The van der Waals surface area contributed by atoms with Crippen molar-refractivity contribution in [3.8, 4) is 17.2 Å². The predicted molar refractivity (Wildman–Crippen MR) is 175 cm³/mol. The molecule has 0 bridgehead atoms. The third-order valence-electron chi connectivity index (χ3n) is 8.08. The number of aliphatic hydroxyl groups excluding tert-OH is 4. The molecule has 8 N–H and O–H groups in total. The van der Waals surface area contributed by atoms with Gasteiger partial charge < -0.3 is 50.9 Å². The van der Waals surface area contributed by atoms with Crippen molar-refractivity contribution in [1.29, 1.82) is 0 Å². The lowest BCUT2D eigenvalue weighted by molar-refractivity contribution is 0.101. The molecule has 0 saturated carbocycles. The zero-order valence-electron chi connectivity index (χ0n) is 25.5. The molecule has 5 rings (SSSR count). The standard InChI is InChI=1S/C35H37N3O9/c39-17-23-12-21(13-24(18-40)32(23)43)34(45)36-27-6-7-31(47-29-8-10-38(11-9-29)28-4-2-1-3-5-28)30(16-27)37-35(46)22-14-25(19-41)33(44)26(15-22)20-42/h1-7,12-16,29,39-44H,8-11,17-20H2,(H,36,45)(H,37,46). The first-order valence-electron chi connectivity index (χ1n) is 15.1. The van der Waals surface area contributed by atoms with Crippen LogP contribution in [0.3, 0.4) is 0 Å². The van der Waals surface area contributed by atoms with E-state index in [9.17, 15) is 40.2 Å². The number of nitrogens with zero attached hydrogens (tertiary/aromatic N) is 1. The molecule has 2 amide bonds. The van der Waals surface area contributed by atoms with E-state index in [4.69, 9.17) is 4.74 Å². The Morgan fingerprint density at radius 1 is 0.681 bits per heavy atom. The number of aliphatic hydroxyl groups is 4. The largest absolute Gasteiger partial charge is 0.507 e. The van der Waals surface area contributed by atoms with Gasteiger partial charge in [0.25, 0.3) is 11.8 Å². The molecule has 12 heteroatoms. The first-order chi connectivity index (χ1) is 22.7. The van der Waals surface area contributed by atoms with Crippen LogP contribution in [-0.4, -0.2) is 61.6 Å². The highest BCUT2D eigenvalue weighted by molar-refractivity contribution is 6.07. The molecule has 12 nitrogen and oxygen atoms in total. The summed E-state index contributed by atoms with van der Waals surface area (Å²) in [5, 5.41) is 64.5. The van der Waals surface area contributed by atoms with Crippen molar-refractivity contribution in [2.45, 2.75) is 45.4 Å². The molecule has 1 aliphatic heterocycles. The van der Waals surface area contributed by atoms with Crippen LogP contribution in [0.25, 0.3) is 0 Å². The summed E-state index contributed by atoms with van der Waals surface area (Å²) >= 11 is 0. The summed E-state index contributed by atoms with van der Waals surface area (Å²) in [5.41, 5.74) is 2.12. The molecule has 4 aromatic carbocycles. The topological polar surface area (TPSA) is 192 Å². The number of hydrogen-bond acceptors (Lipinski definition) is 10. The minimum Gasteiger partial charge on any atom is -0.507 e. The van der Waals surface area contributed by atoms with Gasteiger partial charge in [-0.25, -0.2) is 0 Å². The Labute approximate surface area is 271 Å². The summed E-state index contributed by atoms with van der Waals surface area (Å²) in [7, 11) is 0. The van der Waals surface area contributed by atoms with E-state index >= 15 is 0 Å². The molecule has 1 aliphatic rings. The van der Waals surface area contributed by atoms with Crippen molar-refractivity contribution >= 4 is 28.9 Å². The van der Waals surface area contributed by atoms with Gasteiger partial charge in [0.15, 0.2) is 0 Å². The number of aromatic hydroxyl groups is 2. The lowest BCUT2D eigenvalue weighted by Crippen LogP contribution is -2.38. The number of hydrogen-bond donors (Lipinski definition) is 8. The molecule has 0 spiro atoms. The van der Waals surface area contributed by atoms with Crippen LogP contribution >= 0.6 is 0 Å². The number of rotatable bonds is 11. The van der Waals surface area contributed by atoms with E-state index in [0.717, 1.165) is 31.6 Å². The molecule has 4 aromatic rings. The fourth-order valence-electron chi connectivity index (χ4n) is 5.52. The normalized spacial score (nSPS) is 13.3. The van der Waals surface area contributed by atoms with Gasteiger partial charge in [-0.05, 0) is 54.6 Å². The van der Waals surface area contributed by atoms with Gasteiger partial charge in [-0.3, -0.25) is 9.59 Å². The SMILES string of the molecule is O=C(Nc1ccc(OC2CCN(c3ccccc3)CC2)c(NC(=O)c2cc(CO)c(O)c(CO)c2)c1)c1cc(CO)c(O)c(CO)c1. The minimum absolute atomic E-state index is 0.0720. The molecule has 0 aromatic heterocycles. The number of benzene rings is 4. The molecule has 1 fully saturated rings. The fourth-order valence-corrected chi connectivity index (χ4v) is 5.52. The molecular weight excluding hydrogens is 606 g/mol. The second-order valence-electron chi connectivity index (χ2n) is 11.2. The average molecular weight is 644 g/mol. The van der Waals surface area contributed by atoms with E-state index in [1.54, 1.807) is 12.1 Å². The van der Waals surface area contributed by atoms with E-state index in [0.29, 0.717) is 11.4 Å². The van der Waals surface area contributed by atoms with E-state index in [1.807, 2.05) is 18.2 Å². The lowest BCUT2D eigenvalue weighted by atomic mass is 10.0. The van der Waals surface area contributed by atoms with Gasteiger partial charge >= 0.3 is 0 Å². The number of piperidine rings is 1. The Hall–Kier alpha value is -5.14. The van der Waals surface area contributed by atoms with Crippen molar-refractivity contribution in [2.75, 3.05) is 28.6 Å². The van der Waals surface area contributed by atoms with Gasteiger partial charge in [-0.1, -0.05) is 18.2 Å². The van der Waals surface area contributed by atoms with Crippen molar-refractivity contribution in [1.82, 2.24) is 0 Å². The fraction of sp³-hybridized carbons (Fsp3) is 0.257. The van der Waals surface area contributed by atoms with Crippen molar-refractivity contribution in [2.24, 2.45) is 0 Å². The van der Waals surface area contributed by atoms with Gasteiger partial charge in [-0.15, -0.1) is 0 Å². The maximum absolute atomic E-state index is 13.5. The van der Waals surface area contributed by atoms with Crippen LogP contribution in [0.4, 0.5) is 17.1 Å². The predicted octanol–water partition coefficient (Wildman–Crippen LogP) is 3.62. The first kappa shape index (κ1) is 33.2. The molecular formula is C35H37N3O9. The lowest BCUT2D eigenvalue weighted by Gasteiger charge is -2.34. The van der Waals surface area contributed by atoms with Crippen LogP contribution in [0.2, 0.25) is 0 Å². The number of carbonyl (C=O) groups excluding carboxylic acids is 2. The van der Waals surface area contributed by atoms with Gasteiger partial charge in [0.05, 0.1) is 32.1 Å². The summed E-state index contributed by atoms with van der Waals surface area (Å²) in [6, 6.07) is 20.1. The molecule has 0 radical (unpaired) electrons. The molecule has 1 heterocycles. The maximum Gasteiger partial charge on any atom is 0.255 e. The number of para-hydroxylation sites is 1. The van der Waals surface area contributed by atoms with Crippen molar-refractivity contribution in [3.05, 3.63) is 106 Å². The Balaban J connectivity index is 1.41. The number of phenols is 2. The second kappa shape index (κ2) is 15.0. The number of nitrogens with one attached hydrogen (secondary N) is 2. The Bertz CT molecular complexity index is 1690. The van der Waals surface area contributed by atoms with Crippen LogP contribution in [0.1, 0.15) is 55.8 Å².